The largest absolute Gasteiger partial charge is 0.480 e. The average Bonchev–Trinajstić information content (AvgIpc) is 4.01. The number of aromatic nitrogens is 4. The fourth-order valence-corrected chi connectivity index (χ4v) is 8.87. The van der Waals surface area contributed by atoms with Crippen molar-refractivity contribution in [2.24, 2.45) is 0 Å². The lowest BCUT2D eigenvalue weighted by Gasteiger charge is -2.17. The summed E-state index contributed by atoms with van der Waals surface area (Å²) in [7, 11) is 6.92. The van der Waals surface area contributed by atoms with Gasteiger partial charge in [-0.3, -0.25) is 19.4 Å². The third kappa shape index (κ3) is 11.7. The summed E-state index contributed by atoms with van der Waals surface area (Å²) in [5.41, 5.74) is 14.0. The van der Waals surface area contributed by atoms with E-state index < -0.39 is 5.97 Å². The molecule has 70 heavy (non-hydrogen) atoms. The molecule has 14 nitrogen and oxygen atoms in total. The van der Waals surface area contributed by atoms with Crippen LogP contribution in [0.2, 0.25) is 5.02 Å². The predicted octanol–water partition coefficient (Wildman–Crippen LogP) is 10.9. The number of aryl methyl sites for hydroxylation is 3. The Balaban J connectivity index is 0.889. The molecule has 8 rings (SSSR count). The molecule has 0 amide bonds. The molecule has 0 fully saturated rings. The van der Waals surface area contributed by atoms with Crippen molar-refractivity contribution in [1.82, 2.24) is 30.1 Å². The molecule has 2 heterocycles. The Labute approximate surface area is 411 Å². The van der Waals surface area contributed by atoms with Crippen molar-refractivity contribution in [2.45, 2.75) is 47.1 Å². The number of aliphatic carboxylic acids is 1. The highest BCUT2D eigenvalue weighted by molar-refractivity contribution is 6.31. The molecular formula is C55H53ClN6O8. The van der Waals surface area contributed by atoms with Crippen molar-refractivity contribution in [3.05, 3.63) is 159 Å². The maximum Gasteiger partial charge on any atom is 0.325 e. The number of carbonyl (C=O) groups excluding carboxylic acids is 1. The maximum atomic E-state index is 13.2. The van der Waals surface area contributed by atoms with Crippen LogP contribution in [0.15, 0.2) is 124 Å². The molecule has 0 unspecified atom stereocenters. The summed E-state index contributed by atoms with van der Waals surface area (Å²) in [6, 6.07) is 37.2. The van der Waals surface area contributed by atoms with Crippen LogP contribution < -0.4 is 4.74 Å². The molecular weight excluding hydrogens is 908 g/mol. The van der Waals surface area contributed by atoms with Gasteiger partial charge < -0.3 is 28.4 Å². The van der Waals surface area contributed by atoms with Gasteiger partial charge in [-0.2, -0.15) is 9.97 Å². The molecule has 2 aromatic heterocycles. The van der Waals surface area contributed by atoms with Crippen molar-refractivity contribution in [3.8, 4) is 73.7 Å². The molecule has 0 spiro atoms. The van der Waals surface area contributed by atoms with E-state index in [2.05, 4.69) is 46.5 Å². The maximum absolute atomic E-state index is 13.2. The van der Waals surface area contributed by atoms with Gasteiger partial charge in [-0.15, -0.1) is 0 Å². The predicted molar refractivity (Wildman–Crippen MR) is 268 cm³/mol. The molecule has 8 aromatic rings. The monoisotopic (exact) mass is 960 g/mol. The number of hydrogen-bond acceptors (Lipinski definition) is 13. The van der Waals surface area contributed by atoms with Crippen LogP contribution in [0.4, 0.5) is 0 Å². The van der Waals surface area contributed by atoms with Gasteiger partial charge in [0.25, 0.3) is 11.8 Å². The van der Waals surface area contributed by atoms with Crippen LogP contribution >= 0.6 is 11.6 Å². The summed E-state index contributed by atoms with van der Waals surface area (Å²) in [5, 5.41) is 18.2. The van der Waals surface area contributed by atoms with E-state index in [0.717, 1.165) is 66.8 Å². The average molecular weight is 962 g/mol. The number of benzene rings is 6. The second-order valence-corrected chi connectivity index (χ2v) is 17.9. The molecule has 0 bridgehead atoms. The van der Waals surface area contributed by atoms with Gasteiger partial charge in [0.15, 0.2) is 0 Å². The Morgan fingerprint density at radius 3 is 1.79 bits per heavy atom. The normalized spacial score (nSPS) is 11.5. The second-order valence-electron chi connectivity index (χ2n) is 17.5. The van der Waals surface area contributed by atoms with E-state index in [9.17, 15) is 9.59 Å². The second kappa shape index (κ2) is 22.0. The van der Waals surface area contributed by atoms with E-state index in [1.165, 1.54) is 5.56 Å². The molecule has 6 aromatic carbocycles. The van der Waals surface area contributed by atoms with Gasteiger partial charge in [-0.05, 0) is 151 Å². The van der Waals surface area contributed by atoms with Crippen LogP contribution in [0.1, 0.15) is 38.9 Å². The molecule has 0 radical (unpaired) electrons. The summed E-state index contributed by atoms with van der Waals surface area (Å²) in [5.74, 6) is 0.713. The van der Waals surface area contributed by atoms with Crippen LogP contribution in [-0.4, -0.2) is 88.5 Å². The zero-order valence-corrected chi connectivity index (χ0v) is 40.8. The molecule has 358 valence electrons. The van der Waals surface area contributed by atoms with Crippen molar-refractivity contribution in [3.63, 3.8) is 0 Å². The fraction of sp³-hybridized carbons (Fsp3) is 0.236. The standard InChI is InChI=1S/C55H53ClN6O8/c1-33-10-8-9-11-45(33)48-17-13-39(25-41(48)31-66-6)55-58-53(60-70-55)47-16-12-36(20-34(47)2)27-62(5)30-51(65)68-44-15-19-46(35(3)21-44)49-18-14-38(24-42(49)32-67-7)54-57-52(59-69-54)40-22-37(23-43(56)26-40)28-61(4)29-50(63)64/h8-26H,27-32H2,1-7H3,(H,63,64). The SMILES string of the molecule is COCc1cc(-c2nc(-c3cc(Cl)cc(CN(C)CC(=O)O)c3)no2)ccc1-c1ccc(OC(=O)CN(C)Cc2ccc(-c3noc(-c4ccc(-c5ccccc5C)c(COC)c4)n3)c(C)c2)cc1C. The summed E-state index contributed by atoms with van der Waals surface area (Å²) in [6.07, 6.45) is 0. The number of ether oxygens (including phenoxy) is 3. The number of carboxylic acids is 1. The summed E-state index contributed by atoms with van der Waals surface area (Å²) in [6.45, 7) is 7.68. The first-order valence-electron chi connectivity index (χ1n) is 22.5. The van der Waals surface area contributed by atoms with E-state index in [0.29, 0.717) is 71.6 Å². The lowest BCUT2D eigenvalue weighted by molar-refractivity contribution is -0.138. The first-order chi connectivity index (χ1) is 33.7. The van der Waals surface area contributed by atoms with Gasteiger partial charge in [0.1, 0.15) is 5.75 Å². The molecule has 15 heteroatoms. The number of methoxy groups -OCH3 is 2. The Bertz CT molecular complexity index is 3180. The summed E-state index contributed by atoms with van der Waals surface area (Å²) in [4.78, 5) is 37.4. The number of rotatable bonds is 19. The number of likely N-dealkylation sites (N-methyl/N-ethyl adjacent to an activating group) is 2. The third-order valence-electron chi connectivity index (χ3n) is 11.8. The minimum atomic E-state index is -0.918. The third-order valence-corrected chi connectivity index (χ3v) is 12.0. The topological polar surface area (TPSA) is 166 Å². The van der Waals surface area contributed by atoms with Gasteiger partial charge in [0.05, 0.1) is 26.3 Å². The Morgan fingerprint density at radius 1 is 0.586 bits per heavy atom. The lowest BCUT2D eigenvalue weighted by atomic mass is 9.94. The van der Waals surface area contributed by atoms with Gasteiger partial charge in [0.2, 0.25) is 11.6 Å². The Kier molecular flexibility index (Phi) is 15.4. The van der Waals surface area contributed by atoms with E-state index >= 15 is 0 Å². The molecule has 0 aliphatic rings. The molecule has 1 N–H and O–H groups in total. The van der Waals surface area contributed by atoms with Gasteiger partial charge in [-0.1, -0.05) is 82.6 Å². The molecule has 0 atom stereocenters. The van der Waals surface area contributed by atoms with E-state index in [-0.39, 0.29) is 19.1 Å². The lowest BCUT2D eigenvalue weighted by Crippen LogP contribution is -2.28. The van der Waals surface area contributed by atoms with E-state index in [1.54, 1.807) is 44.4 Å². The zero-order valence-electron chi connectivity index (χ0n) is 40.1. The van der Waals surface area contributed by atoms with Crippen LogP contribution in [0.5, 0.6) is 5.75 Å². The number of carbonyl (C=O) groups is 2. The highest BCUT2D eigenvalue weighted by Crippen LogP contribution is 2.35. The quantitative estimate of drug-likeness (QED) is 0.0601. The fourth-order valence-electron chi connectivity index (χ4n) is 8.61. The van der Waals surface area contributed by atoms with Crippen LogP contribution in [0, 0.1) is 20.8 Å². The Morgan fingerprint density at radius 2 is 1.16 bits per heavy atom. The number of esters is 1. The van der Waals surface area contributed by atoms with Crippen LogP contribution in [0.3, 0.4) is 0 Å². The smallest absolute Gasteiger partial charge is 0.325 e. The van der Waals surface area contributed by atoms with Crippen LogP contribution in [-0.2, 0) is 45.4 Å². The van der Waals surface area contributed by atoms with Gasteiger partial charge in [-0.25, -0.2) is 0 Å². The molecule has 0 saturated carbocycles. The molecule has 0 aliphatic heterocycles. The van der Waals surface area contributed by atoms with Crippen molar-refractivity contribution < 1.29 is 38.0 Å². The van der Waals surface area contributed by atoms with Crippen LogP contribution in [0.25, 0.3) is 67.9 Å². The minimum Gasteiger partial charge on any atom is -0.480 e. The minimum absolute atomic E-state index is 0.0724. The number of carboxylic acid groups (broad SMARTS) is 1. The van der Waals surface area contributed by atoms with E-state index in [4.69, 9.17) is 44.9 Å². The Hall–Kier alpha value is -7.33. The van der Waals surface area contributed by atoms with Crippen molar-refractivity contribution >= 4 is 23.5 Å². The number of halogens is 1. The summed E-state index contributed by atoms with van der Waals surface area (Å²) >= 11 is 6.43. The zero-order chi connectivity index (χ0) is 49.5. The van der Waals surface area contributed by atoms with Crippen molar-refractivity contribution in [1.29, 1.82) is 0 Å². The highest BCUT2D eigenvalue weighted by atomic mass is 35.5. The van der Waals surface area contributed by atoms with Gasteiger partial charge >= 0.3 is 11.9 Å². The van der Waals surface area contributed by atoms with Gasteiger partial charge in [0, 0.05) is 54.6 Å². The number of nitrogens with zero attached hydrogens (tertiary/aromatic N) is 6. The molecule has 0 aliphatic carbocycles. The van der Waals surface area contributed by atoms with Crippen molar-refractivity contribution in [2.75, 3.05) is 41.4 Å². The first-order valence-corrected chi connectivity index (χ1v) is 22.9. The summed E-state index contributed by atoms with van der Waals surface area (Å²) < 4.78 is 28.4. The highest BCUT2D eigenvalue weighted by Gasteiger charge is 2.20. The number of hydrogen-bond donors (Lipinski definition) is 1. The van der Waals surface area contributed by atoms with E-state index in [1.807, 2.05) is 98.6 Å². The first kappa shape index (κ1) is 49.1. The molecule has 0 saturated heterocycles.